The van der Waals surface area contributed by atoms with Gasteiger partial charge in [-0.25, -0.2) is 0 Å². The van der Waals surface area contributed by atoms with Crippen LogP contribution in [-0.4, -0.2) is 4.57 Å². The first kappa shape index (κ1) is 21.6. The molecular formula is C38H23NO. The Morgan fingerprint density at radius 3 is 2.15 bits per heavy atom. The molecule has 0 spiro atoms. The summed E-state index contributed by atoms with van der Waals surface area (Å²) in [7, 11) is 0. The maximum Gasteiger partial charge on any atom is 0.135 e. The van der Waals surface area contributed by atoms with Gasteiger partial charge in [-0.1, -0.05) is 97.1 Å². The number of fused-ring (bicyclic) bond motifs is 7. The second-order valence-electron chi connectivity index (χ2n) is 10.5. The van der Waals surface area contributed by atoms with Gasteiger partial charge in [0.25, 0.3) is 0 Å². The van der Waals surface area contributed by atoms with E-state index >= 15 is 0 Å². The number of ether oxygens (including phenoxy) is 1. The summed E-state index contributed by atoms with van der Waals surface area (Å²) < 4.78 is 8.76. The number of para-hydroxylation sites is 2. The highest BCUT2D eigenvalue weighted by molar-refractivity contribution is 6.22. The Morgan fingerprint density at radius 2 is 1.20 bits per heavy atom. The Kier molecular flexibility index (Phi) is 4.36. The van der Waals surface area contributed by atoms with Crippen molar-refractivity contribution in [1.29, 1.82) is 0 Å². The number of nitrogens with zero attached hydrogens (tertiary/aromatic N) is 1. The minimum absolute atomic E-state index is 0.914. The molecule has 0 amide bonds. The molecule has 1 aliphatic rings. The van der Waals surface area contributed by atoms with E-state index in [1.807, 2.05) is 12.1 Å². The van der Waals surface area contributed by atoms with Crippen molar-refractivity contribution in [2.24, 2.45) is 0 Å². The molecule has 0 radical (unpaired) electrons. The third-order valence-electron chi connectivity index (χ3n) is 8.38. The fraction of sp³-hybridized carbons (Fsp3) is 0. The van der Waals surface area contributed by atoms with Crippen LogP contribution in [-0.2, 0) is 0 Å². The molecule has 9 rings (SSSR count). The number of hydrogen-bond acceptors (Lipinski definition) is 1. The van der Waals surface area contributed by atoms with Crippen molar-refractivity contribution in [3.63, 3.8) is 0 Å². The van der Waals surface area contributed by atoms with Crippen LogP contribution in [0.4, 0.5) is 0 Å². The summed E-state index contributed by atoms with van der Waals surface area (Å²) >= 11 is 0. The maximum absolute atomic E-state index is 6.37. The third kappa shape index (κ3) is 2.93. The topological polar surface area (TPSA) is 14.2 Å². The van der Waals surface area contributed by atoms with Crippen LogP contribution in [0, 0.1) is 0 Å². The second kappa shape index (κ2) is 8.08. The highest BCUT2D eigenvalue weighted by Gasteiger charge is 2.22. The third-order valence-corrected chi connectivity index (χ3v) is 8.38. The van der Waals surface area contributed by atoms with Crippen LogP contribution in [0.25, 0.3) is 71.3 Å². The second-order valence-corrected chi connectivity index (χ2v) is 10.5. The summed E-state index contributed by atoms with van der Waals surface area (Å²) in [6.07, 6.45) is 0. The Labute approximate surface area is 231 Å². The first-order chi connectivity index (χ1) is 19.8. The van der Waals surface area contributed by atoms with E-state index in [4.69, 9.17) is 4.74 Å². The van der Waals surface area contributed by atoms with Gasteiger partial charge in [-0.15, -0.1) is 0 Å². The summed E-state index contributed by atoms with van der Waals surface area (Å²) in [6.45, 7) is 0. The lowest BCUT2D eigenvalue weighted by atomic mass is 9.90. The fourth-order valence-corrected chi connectivity index (χ4v) is 6.65. The highest BCUT2D eigenvalue weighted by atomic mass is 16.5. The summed E-state index contributed by atoms with van der Waals surface area (Å²) in [5.41, 5.74) is 8.39. The average molecular weight is 510 g/mol. The van der Waals surface area contributed by atoms with Crippen molar-refractivity contribution < 1.29 is 4.74 Å². The van der Waals surface area contributed by atoms with E-state index in [2.05, 4.69) is 132 Å². The van der Waals surface area contributed by atoms with Crippen LogP contribution in [0.2, 0.25) is 0 Å². The standard InChI is InChI=1S/C38H23NO/c1-2-10-26(11-3-1)39-33-20-18-25(23-32(33)37-28-12-5-4-9-24(28)17-21-34(37)39)27-19-22-36-38-30(27)14-8-15-31(38)29-13-6-7-16-35(29)40-36/h1-23H. The van der Waals surface area contributed by atoms with Crippen LogP contribution in [0.15, 0.2) is 140 Å². The zero-order valence-electron chi connectivity index (χ0n) is 21.6. The Bertz CT molecular complexity index is 2290. The highest BCUT2D eigenvalue weighted by Crippen LogP contribution is 2.49. The van der Waals surface area contributed by atoms with Crippen molar-refractivity contribution in [3.8, 4) is 39.4 Å². The van der Waals surface area contributed by atoms with Gasteiger partial charge in [-0.05, 0) is 75.3 Å². The van der Waals surface area contributed by atoms with Gasteiger partial charge in [0.15, 0.2) is 0 Å². The summed E-state index contributed by atoms with van der Waals surface area (Å²) in [5.74, 6) is 1.83. The van der Waals surface area contributed by atoms with Crippen LogP contribution in [0.5, 0.6) is 11.5 Å². The zero-order chi connectivity index (χ0) is 26.2. The van der Waals surface area contributed by atoms with Crippen LogP contribution < -0.4 is 4.74 Å². The minimum Gasteiger partial charge on any atom is -0.456 e. The van der Waals surface area contributed by atoms with Crippen LogP contribution >= 0.6 is 0 Å². The molecule has 8 aromatic rings. The summed E-state index contributed by atoms with van der Waals surface area (Å²) in [4.78, 5) is 0. The molecule has 2 nitrogen and oxygen atoms in total. The molecule has 40 heavy (non-hydrogen) atoms. The molecule has 0 N–H and O–H groups in total. The normalized spacial score (nSPS) is 12.2. The van der Waals surface area contributed by atoms with E-state index < -0.39 is 0 Å². The number of aromatic nitrogens is 1. The van der Waals surface area contributed by atoms with E-state index in [1.165, 1.54) is 65.7 Å². The smallest absolute Gasteiger partial charge is 0.135 e. The molecule has 2 heteroatoms. The molecule has 0 atom stereocenters. The number of rotatable bonds is 2. The lowest BCUT2D eigenvalue weighted by molar-refractivity contribution is 0.487. The minimum atomic E-state index is 0.914. The van der Waals surface area contributed by atoms with E-state index in [0.717, 1.165) is 17.1 Å². The monoisotopic (exact) mass is 509 g/mol. The SMILES string of the molecule is c1ccc(-n2c3ccc(-c4ccc5c6c(cccc46)-c4ccccc4O5)cc3c3c4ccccc4ccc32)cc1. The van der Waals surface area contributed by atoms with Crippen LogP contribution in [0.3, 0.4) is 0 Å². The average Bonchev–Trinajstić information content (AvgIpc) is 3.36. The van der Waals surface area contributed by atoms with E-state index in [1.54, 1.807) is 0 Å². The molecule has 1 aliphatic heterocycles. The molecule has 7 aromatic carbocycles. The molecule has 2 heterocycles. The predicted molar refractivity (Wildman–Crippen MR) is 167 cm³/mol. The first-order valence-electron chi connectivity index (χ1n) is 13.7. The quantitative estimate of drug-likeness (QED) is 0.226. The van der Waals surface area contributed by atoms with Crippen molar-refractivity contribution in [3.05, 3.63) is 140 Å². The molecule has 0 bridgehead atoms. The molecule has 0 unspecified atom stereocenters. The van der Waals surface area contributed by atoms with Gasteiger partial charge in [0.2, 0.25) is 0 Å². The van der Waals surface area contributed by atoms with Gasteiger partial charge < -0.3 is 9.30 Å². The molecule has 186 valence electrons. The largest absolute Gasteiger partial charge is 0.456 e. The Morgan fingerprint density at radius 1 is 0.425 bits per heavy atom. The lowest BCUT2D eigenvalue weighted by Crippen LogP contribution is -1.97. The van der Waals surface area contributed by atoms with Gasteiger partial charge in [0.05, 0.1) is 11.0 Å². The zero-order valence-corrected chi connectivity index (χ0v) is 21.6. The summed E-state index contributed by atoms with van der Waals surface area (Å²) in [6, 6.07) is 50.1. The first-order valence-corrected chi connectivity index (χ1v) is 13.7. The van der Waals surface area contributed by atoms with Crippen molar-refractivity contribution >= 4 is 43.4 Å². The van der Waals surface area contributed by atoms with Crippen molar-refractivity contribution in [1.82, 2.24) is 4.57 Å². The fourth-order valence-electron chi connectivity index (χ4n) is 6.65. The van der Waals surface area contributed by atoms with E-state index in [9.17, 15) is 0 Å². The Balaban J connectivity index is 1.36. The molecule has 0 aliphatic carbocycles. The van der Waals surface area contributed by atoms with Crippen molar-refractivity contribution in [2.45, 2.75) is 0 Å². The number of benzene rings is 7. The Hall–Kier alpha value is -5.34. The summed E-state index contributed by atoms with van der Waals surface area (Å²) in [5, 5.41) is 7.47. The van der Waals surface area contributed by atoms with E-state index in [-0.39, 0.29) is 0 Å². The van der Waals surface area contributed by atoms with Gasteiger partial charge in [0.1, 0.15) is 11.5 Å². The maximum atomic E-state index is 6.37. The lowest BCUT2D eigenvalue weighted by Gasteiger charge is -2.22. The van der Waals surface area contributed by atoms with Crippen LogP contribution in [0.1, 0.15) is 0 Å². The van der Waals surface area contributed by atoms with Gasteiger partial charge in [-0.3, -0.25) is 0 Å². The van der Waals surface area contributed by atoms with E-state index in [0.29, 0.717) is 0 Å². The van der Waals surface area contributed by atoms with Gasteiger partial charge >= 0.3 is 0 Å². The number of hydrogen-bond donors (Lipinski definition) is 0. The molecule has 0 saturated carbocycles. The molecular weight excluding hydrogens is 486 g/mol. The van der Waals surface area contributed by atoms with Crippen molar-refractivity contribution in [2.75, 3.05) is 0 Å². The molecule has 1 aromatic heterocycles. The predicted octanol–water partition coefficient (Wildman–Crippen LogP) is 10.5. The molecule has 0 saturated heterocycles. The van der Waals surface area contributed by atoms with Gasteiger partial charge in [0, 0.05) is 27.4 Å². The molecule has 0 fully saturated rings. The van der Waals surface area contributed by atoms with Gasteiger partial charge in [-0.2, -0.15) is 0 Å².